The Balaban J connectivity index is 1.37. The molecule has 7 unspecified atom stereocenters. The fourth-order valence-corrected chi connectivity index (χ4v) is 9.04. The van der Waals surface area contributed by atoms with Crippen LogP contribution < -0.4 is 31.0 Å². The zero-order valence-electron chi connectivity index (χ0n) is 31.9. The summed E-state index contributed by atoms with van der Waals surface area (Å²) in [6, 6.07) is 4.23. The molecular formula is C38H53N7O8S. The van der Waals surface area contributed by atoms with Crippen LogP contribution in [0.3, 0.4) is 0 Å². The van der Waals surface area contributed by atoms with Crippen LogP contribution in [0.2, 0.25) is 0 Å². The summed E-state index contributed by atoms with van der Waals surface area (Å²) < 4.78 is 35.7. The van der Waals surface area contributed by atoms with Crippen molar-refractivity contribution in [1.29, 1.82) is 0 Å². The molecule has 6 rings (SSSR count). The molecule has 15 nitrogen and oxygen atoms in total. The fourth-order valence-electron chi connectivity index (χ4n) is 7.68. The van der Waals surface area contributed by atoms with E-state index in [2.05, 4.69) is 32.7 Å². The Hall–Kier alpha value is -4.47. The molecule has 2 saturated carbocycles. The summed E-state index contributed by atoms with van der Waals surface area (Å²) in [7, 11) is -3.91. The number of aromatic nitrogens is 2. The molecule has 294 valence electrons. The lowest BCUT2D eigenvalue weighted by Gasteiger charge is -2.33. The highest BCUT2D eigenvalue weighted by atomic mass is 32.2. The maximum Gasteiger partial charge on any atom is 0.315 e. The molecule has 54 heavy (non-hydrogen) atoms. The number of rotatable bonds is 7. The van der Waals surface area contributed by atoms with E-state index in [0.29, 0.717) is 36.5 Å². The summed E-state index contributed by atoms with van der Waals surface area (Å²) in [5.74, 6) is -2.38. The third-order valence-electron chi connectivity index (χ3n) is 10.8. The Labute approximate surface area is 316 Å². The van der Waals surface area contributed by atoms with E-state index in [4.69, 9.17) is 4.74 Å². The normalized spacial score (nSPS) is 29.3. The number of ether oxygens (including phenoxy) is 1. The highest BCUT2D eigenvalue weighted by Crippen LogP contribution is 2.46. The third-order valence-corrected chi connectivity index (χ3v) is 12.6. The number of fused-ring (bicyclic) bond motifs is 3. The molecule has 3 heterocycles. The monoisotopic (exact) mass is 767 g/mol. The molecule has 0 spiro atoms. The molecule has 7 atom stereocenters. The lowest BCUT2D eigenvalue weighted by molar-refractivity contribution is -0.142. The zero-order valence-corrected chi connectivity index (χ0v) is 32.7. The molecule has 4 N–H and O–H groups in total. The molecule has 3 fully saturated rings. The number of carbonyl (C=O) groups excluding carboxylic acids is 4. The lowest BCUT2D eigenvalue weighted by atomic mass is 9.88. The van der Waals surface area contributed by atoms with Crippen molar-refractivity contribution in [2.75, 3.05) is 6.54 Å². The first-order valence-corrected chi connectivity index (χ1v) is 20.6. The van der Waals surface area contributed by atoms with Gasteiger partial charge in [0.05, 0.1) is 22.6 Å². The van der Waals surface area contributed by atoms with Gasteiger partial charge in [0.1, 0.15) is 23.7 Å². The van der Waals surface area contributed by atoms with E-state index in [1.807, 2.05) is 39.8 Å². The molecule has 1 saturated heterocycles. The van der Waals surface area contributed by atoms with E-state index in [1.165, 1.54) is 9.58 Å². The minimum atomic E-state index is -3.91. The average Bonchev–Trinajstić information content (AvgIpc) is 4.02. The van der Waals surface area contributed by atoms with Gasteiger partial charge in [-0.25, -0.2) is 17.9 Å². The van der Waals surface area contributed by atoms with Crippen molar-refractivity contribution in [1.82, 2.24) is 35.4 Å². The summed E-state index contributed by atoms with van der Waals surface area (Å²) in [4.78, 5) is 70.7. The van der Waals surface area contributed by atoms with Crippen LogP contribution in [0.4, 0.5) is 4.79 Å². The highest BCUT2D eigenvalue weighted by Gasteiger charge is 2.62. The van der Waals surface area contributed by atoms with Crippen LogP contribution >= 0.6 is 0 Å². The standard InChI is InChI=1S/C38H53N7O8S/c1-7-45-33(47)28-15-11-10-14-27(28)32(42-45)53-25-19-29-31(46)40-38(35(49)43-54(51,52)26-16-17-26)20-24(38)13-9-8-12-22(2)18-23(3)30(34(48)44(29)21-25)39-36(50)41-37(4,5)6/h9-11,13-15,22-26,29-30H,7-8,12,16-21H2,1-6H3,(H,40,46)(H,43,49)(H2,39,41,50). The minimum absolute atomic E-state index is 0.00308. The molecule has 1 aromatic carbocycles. The second kappa shape index (κ2) is 15.0. The second-order valence-electron chi connectivity index (χ2n) is 16.6. The summed E-state index contributed by atoms with van der Waals surface area (Å²) >= 11 is 0. The topological polar surface area (TPSA) is 198 Å². The van der Waals surface area contributed by atoms with Crippen molar-refractivity contribution in [3.8, 4) is 5.88 Å². The van der Waals surface area contributed by atoms with Crippen LogP contribution in [0.25, 0.3) is 10.8 Å². The Kier molecular flexibility index (Phi) is 10.9. The first-order chi connectivity index (χ1) is 25.4. The van der Waals surface area contributed by atoms with Gasteiger partial charge in [-0.15, -0.1) is 5.10 Å². The van der Waals surface area contributed by atoms with E-state index < -0.39 is 74.2 Å². The third kappa shape index (κ3) is 8.42. The van der Waals surface area contributed by atoms with Gasteiger partial charge < -0.3 is 25.6 Å². The van der Waals surface area contributed by atoms with Crippen LogP contribution in [0.1, 0.15) is 86.5 Å². The van der Waals surface area contributed by atoms with E-state index in [-0.39, 0.29) is 49.2 Å². The number of nitrogens with one attached hydrogen (secondary N) is 4. The number of carbonyl (C=O) groups is 4. The van der Waals surface area contributed by atoms with Crippen molar-refractivity contribution >= 4 is 44.5 Å². The first kappa shape index (κ1) is 39.2. The number of benzene rings is 1. The Morgan fingerprint density at radius 2 is 1.76 bits per heavy atom. The molecule has 2 aliphatic carbocycles. The van der Waals surface area contributed by atoms with Crippen molar-refractivity contribution in [3.63, 3.8) is 0 Å². The summed E-state index contributed by atoms with van der Waals surface area (Å²) in [6.45, 7) is 11.5. The number of urea groups is 1. The number of aryl methyl sites for hydroxylation is 1. The van der Waals surface area contributed by atoms with Gasteiger partial charge >= 0.3 is 6.03 Å². The first-order valence-electron chi connectivity index (χ1n) is 19.0. The molecule has 2 aromatic rings. The molecular weight excluding hydrogens is 715 g/mol. The summed E-state index contributed by atoms with van der Waals surface area (Å²) in [5.41, 5.74) is -2.39. The number of sulfonamides is 1. The number of hydrogen-bond acceptors (Lipinski definition) is 9. The SMILES string of the molecule is CCn1nc(OC2CC3C(=O)NC4(C(=O)NS(=O)(=O)C5CC5)CC4C=CCCC(C)CC(C)C(NC(=O)NC(C)(C)C)C(=O)N3C2)c2ccccc2c1=O. The largest absolute Gasteiger partial charge is 0.471 e. The van der Waals surface area contributed by atoms with Gasteiger partial charge in [-0.05, 0) is 90.2 Å². The molecule has 0 radical (unpaired) electrons. The number of nitrogens with zero attached hydrogens (tertiary/aromatic N) is 3. The smallest absolute Gasteiger partial charge is 0.315 e. The molecule has 1 aromatic heterocycles. The molecule has 5 amide bonds. The molecule has 16 heteroatoms. The van der Waals surface area contributed by atoms with Crippen LogP contribution in [0, 0.1) is 17.8 Å². The van der Waals surface area contributed by atoms with Gasteiger partial charge in [-0.1, -0.05) is 38.1 Å². The van der Waals surface area contributed by atoms with Crippen molar-refractivity contribution < 1.29 is 32.3 Å². The van der Waals surface area contributed by atoms with E-state index in [9.17, 15) is 32.4 Å². The van der Waals surface area contributed by atoms with Crippen molar-refractivity contribution in [2.45, 2.75) is 128 Å². The van der Waals surface area contributed by atoms with Gasteiger partial charge in [0.15, 0.2) is 0 Å². The summed E-state index contributed by atoms with van der Waals surface area (Å²) in [6.07, 6.45) is 6.23. The zero-order chi connectivity index (χ0) is 39.2. The Morgan fingerprint density at radius 1 is 1.06 bits per heavy atom. The predicted molar refractivity (Wildman–Crippen MR) is 202 cm³/mol. The average molecular weight is 768 g/mol. The van der Waals surface area contributed by atoms with Crippen LogP contribution in [-0.2, 0) is 31.0 Å². The van der Waals surface area contributed by atoms with Crippen LogP contribution in [0.5, 0.6) is 5.88 Å². The highest BCUT2D eigenvalue weighted by molar-refractivity contribution is 7.91. The lowest BCUT2D eigenvalue weighted by Crippen LogP contribution is -2.60. The molecule has 0 bridgehead atoms. The van der Waals surface area contributed by atoms with Gasteiger partial charge in [-0.3, -0.25) is 23.9 Å². The van der Waals surface area contributed by atoms with Crippen LogP contribution in [0.15, 0.2) is 41.2 Å². The predicted octanol–water partition coefficient (Wildman–Crippen LogP) is 2.73. The fraction of sp³-hybridized carbons (Fsp3) is 0.632. The van der Waals surface area contributed by atoms with Gasteiger partial charge in [-0.2, -0.15) is 0 Å². The van der Waals surface area contributed by atoms with Gasteiger partial charge in [0.2, 0.25) is 27.7 Å². The quantitative estimate of drug-likeness (QED) is 0.306. The van der Waals surface area contributed by atoms with Gasteiger partial charge in [0.25, 0.3) is 11.5 Å². The molecule has 4 aliphatic rings. The van der Waals surface area contributed by atoms with Gasteiger partial charge in [0, 0.05) is 24.4 Å². The number of hydrogen-bond donors (Lipinski definition) is 4. The van der Waals surface area contributed by atoms with Crippen molar-refractivity contribution in [3.05, 3.63) is 46.8 Å². The van der Waals surface area contributed by atoms with E-state index in [0.717, 1.165) is 6.42 Å². The minimum Gasteiger partial charge on any atom is -0.471 e. The Morgan fingerprint density at radius 3 is 2.43 bits per heavy atom. The van der Waals surface area contributed by atoms with E-state index in [1.54, 1.807) is 31.2 Å². The second-order valence-corrected chi connectivity index (χ2v) is 18.5. The van der Waals surface area contributed by atoms with Crippen LogP contribution in [-0.4, -0.2) is 87.9 Å². The van der Waals surface area contributed by atoms with E-state index >= 15 is 0 Å². The van der Waals surface area contributed by atoms with Crippen molar-refractivity contribution in [2.24, 2.45) is 17.8 Å². The number of allylic oxidation sites excluding steroid dienone is 1. The summed E-state index contributed by atoms with van der Waals surface area (Å²) in [5, 5.41) is 13.4. The number of amides is 5. The Bertz CT molecular complexity index is 2010. The maximum atomic E-state index is 14.8. The maximum absolute atomic E-state index is 14.8. The molecule has 2 aliphatic heterocycles.